The van der Waals surface area contributed by atoms with E-state index in [-0.39, 0.29) is 11.8 Å². The largest absolute Gasteiger partial charge is 0.480 e. The fraction of sp³-hybridized carbons (Fsp3) is 0.429. The van der Waals surface area contributed by atoms with Crippen LogP contribution in [0.1, 0.15) is 30.2 Å². The first-order valence-corrected chi connectivity index (χ1v) is 7.09. The Morgan fingerprint density at radius 2 is 2.21 bits per heavy atom. The van der Waals surface area contributed by atoms with E-state index in [0.29, 0.717) is 0 Å². The van der Waals surface area contributed by atoms with Gasteiger partial charge in [-0.3, -0.25) is 4.79 Å². The lowest BCUT2D eigenvalue weighted by molar-refractivity contribution is -0.147. The van der Waals surface area contributed by atoms with Crippen molar-refractivity contribution in [1.82, 2.24) is 5.32 Å². The third-order valence-electron chi connectivity index (χ3n) is 3.51. The molecular formula is C14H17NO3S. The first kappa shape index (κ1) is 13.8. The number of rotatable bonds is 5. The lowest BCUT2D eigenvalue weighted by Gasteiger charge is -2.25. The molecule has 0 saturated heterocycles. The molecule has 1 saturated carbocycles. The summed E-state index contributed by atoms with van der Waals surface area (Å²) in [6.45, 7) is 3.55. The van der Waals surface area contributed by atoms with Gasteiger partial charge < -0.3 is 10.4 Å². The molecule has 1 aliphatic carbocycles. The Hall–Kier alpha value is -1.62. The molecule has 0 radical (unpaired) electrons. The fourth-order valence-corrected chi connectivity index (χ4v) is 2.81. The zero-order valence-electron chi connectivity index (χ0n) is 11.0. The number of aryl methyl sites for hydroxylation is 1. The normalized spacial score (nSPS) is 18.2. The van der Waals surface area contributed by atoms with E-state index in [1.807, 2.05) is 18.4 Å². The predicted octanol–water partition coefficient (Wildman–Crippen LogP) is 2.44. The Labute approximate surface area is 116 Å². The van der Waals surface area contributed by atoms with Gasteiger partial charge in [0.25, 0.3) is 0 Å². The molecule has 19 heavy (non-hydrogen) atoms. The van der Waals surface area contributed by atoms with Crippen LogP contribution in [0.15, 0.2) is 17.5 Å². The number of carboxylic acids is 1. The summed E-state index contributed by atoms with van der Waals surface area (Å²) in [5.74, 6) is -1.28. The van der Waals surface area contributed by atoms with E-state index in [1.165, 1.54) is 6.08 Å². The van der Waals surface area contributed by atoms with Crippen molar-refractivity contribution < 1.29 is 14.7 Å². The molecule has 1 heterocycles. The van der Waals surface area contributed by atoms with Crippen molar-refractivity contribution in [2.75, 3.05) is 0 Å². The monoisotopic (exact) mass is 279 g/mol. The highest BCUT2D eigenvalue weighted by atomic mass is 32.1. The highest BCUT2D eigenvalue weighted by molar-refractivity contribution is 7.11. The van der Waals surface area contributed by atoms with Crippen LogP contribution in [0.25, 0.3) is 6.08 Å². The van der Waals surface area contributed by atoms with Crippen LogP contribution in [0.4, 0.5) is 0 Å². The Bertz CT molecular complexity index is 531. The molecule has 1 aromatic rings. The van der Waals surface area contributed by atoms with E-state index in [0.717, 1.165) is 23.3 Å². The van der Waals surface area contributed by atoms with E-state index in [1.54, 1.807) is 24.3 Å². The first-order valence-electron chi connectivity index (χ1n) is 6.21. The number of hydrogen-bond donors (Lipinski definition) is 2. The van der Waals surface area contributed by atoms with Crippen molar-refractivity contribution in [2.24, 2.45) is 5.92 Å². The van der Waals surface area contributed by atoms with Gasteiger partial charge in [0, 0.05) is 11.0 Å². The van der Waals surface area contributed by atoms with Gasteiger partial charge in [-0.05, 0) is 55.7 Å². The van der Waals surface area contributed by atoms with Crippen molar-refractivity contribution >= 4 is 29.3 Å². The van der Waals surface area contributed by atoms with Crippen molar-refractivity contribution in [3.8, 4) is 0 Å². The van der Waals surface area contributed by atoms with E-state index in [9.17, 15) is 14.7 Å². The third kappa shape index (κ3) is 3.04. The summed E-state index contributed by atoms with van der Waals surface area (Å²) < 4.78 is 0. The maximum atomic E-state index is 11.8. The van der Waals surface area contributed by atoms with E-state index >= 15 is 0 Å². The molecule has 102 valence electrons. The summed E-state index contributed by atoms with van der Waals surface area (Å²) in [6.07, 6.45) is 4.85. The minimum absolute atomic E-state index is 0.0471. The molecule has 2 N–H and O–H groups in total. The molecule has 0 bridgehead atoms. The number of carbonyl (C=O) groups is 2. The SMILES string of the molecule is Cc1ccsc1/C=C/C(=O)NC(C)(C(=O)O)C1CC1. The van der Waals surface area contributed by atoms with Gasteiger partial charge in [0.05, 0.1) is 0 Å². The maximum absolute atomic E-state index is 11.8. The van der Waals surface area contributed by atoms with Crippen LogP contribution < -0.4 is 5.32 Å². The molecular weight excluding hydrogens is 262 g/mol. The second-order valence-electron chi connectivity index (χ2n) is 5.07. The summed E-state index contributed by atoms with van der Waals surface area (Å²) in [4.78, 5) is 24.1. The number of amides is 1. The molecule has 2 rings (SSSR count). The topological polar surface area (TPSA) is 66.4 Å². The lowest BCUT2D eigenvalue weighted by Crippen LogP contribution is -2.53. The van der Waals surface area contributed by atoms with Crippen LogP contribution in [0.3, 0.4) is 0 Å². The summed E-state index contributed by atoms with van der Waals surface area (Å²) in [5.41, 5.74) is -0.0384. The zero-order valence-corrected chi connectivity index (χ0v) is 11.8. The second kappa shape index (κ2) is 5.17. The lowest BCUT2D eigenvalue weighted by atomic mass is 9.96. The molecule has 5 heteroatoms. The summed E-state index contributed by atoms with van der Waals surface area (Å²) in [7, 11) is 0. The molecule has 1 atom stereocenters. The molecule has 4 nitrogen and oxygen atoms in total. The highest BCUT2D eigenvalue weighted by Crippen LogP contribution is 2.39. The molecule has 1 amide bonds. The summed E-state index contributed by atoms with van der Waals surface area (Å²) >= 11 is 1.55. The Morgan fingerprint density at radius 1 is 1.53 bits per heavy atom. The van der Waals surface area contributed by atoms with Gasteiger partial charge >= 0.3 is 5.97 Å². The molecule has 1 fully saturated rings. The minimum Gasteiger partial charge on any atom is -0.480 e. The summed E-state index contributed by atoms with van der Waals surface area (Å²) in [5, 5.41) is 13.8. The molecule has 1 aliphatic rings. The number of carbonyl (C=O) groups excluding carboxylic acids is 1. The van der Waals surface area contributed by atoms with Gasteiger partial charge in [-0.15, -0.1) is 11.3 Å². The number of thiophene rings is 1. The van der Waals surface area contributed by atoms with Crippen LogP contribution in [-0.4, -0.2) is 22.5 Å². The van der Waals surface area contributed by atoms with Gasteiger partial charge in [-0.25, -0.2) is 4.79 Å². The average Bonchev–Trinajstić information content (AvgIpc) is 3.11. The van der Waals surface area contributed by atoms with E-state index in [4.69, 9.17) is 0 Å². The standard InChI is InChI=1S/C14H17NO3S/c1-9-7-8-19-11(9)5-6-12(16)15-14(2,13(17)18)10-3-4-10/h5-8,10H,3-4H2,1-2H3,(H,15,16)(H,17,18)/b6-5+. The smallest absolute Gasteiger partial charge is 0.329 e. The number of carboxylic acid groups (broad SMARTS) is 1. The van der Waals surface area contributed by atoms with Crippen molar-refractivity contribution in [3.05, 3.63) is 28.0 Å². The van der Waals surface area contributed by atoms with Crippen molar-refractivity contribution in [1.29, 1.82) is 0 Å². The van der Waals surface area contributed by atoms with E-state index in [2.05, 4.69) is 5.32 Å². The predicted molar refractivity (Wildman–Crippen MR) is 75.0 cm³/mol. The zero-order chi connectivity index (χ0) is 14.0. The molecule has 0 aromatic carbocycles. The number of hydrogen-bond acceptors (Lipinski definition) is 3. The molecule has 0 spiro atoms. The van der Waals surface area contributed by atoms with Gasteiger partial charge in [0.15, 0.2) is 0 Å². The Morgan fingerprint density at radius 3 is 2.68 bits per heavy atom. The Kier molecular flexibility index (Phi) is 3.75. The van der Waals surface area contributed by atoms with Crippen LogP contribution in [-0.2, 0) is 9.59 Å². The van der Waals surface area contributed by atoms with Crippen LogP contribution in [0.5, 0.6) is 0 Å². The van der Waals surface area contributed by atoms with E-state index < -0.39 is 11.5 Å². The third-order valence-corrected chi connectivity index (χ3v) is 4.49. The molecule has 0 aliphatic heterocycles. The number of nitrogens with one attached hydrogen (secondary N) is 1. The Balaban J connectivity index is 2.03. The molecule has 1 unspecified atom stereocenters. The number of aliphatic carboxylic acids is 1. The maximum Gasteiger partial charge on any atom is 0.329 e. The highest BCUT2D eigenvalue weighted by Gasteiger charge is 2.48. The van der Waals surface area contributed by atoms with Gasteiger partial charge in [0.2, 0.25) is 5.91 Å². The van der Waals surface area contributed by atoms with Gasteiger partial charge in [-0.2, -0.15) is 0 Å². The summed E-state index contributed by atoms with van der Waals surface area (Å²) in [6, 6.07) is 1.98. The first-order chi connectivity index (χ1) is 8.93. The van der Waals surface area contributed by atoms with Crippen molar-refractivity contribution in [3.63, 3.8) is 0 Å². The van der Waals surface area contributed by atoms with Crippen LogP contribution in [0, 0.1) is 12.8 Å². The average molecular weight is 279 g/mol. The quantitative estimate of drug-likeness (QED) is 0.814. The van der Waals surface area contributed by atoms with Gasteiger partial charge in [0.1, 0.15) is 5.54 Å². The second-order valence-corrected chi connectivity index (χ2v) is 6.02. The van der Waals surface area contributed by atoms with Crippen molar-refractivity contribution in [2.45, 2.75) is 32.2 Å². The van der Waals surface area contributed by atoms with Gasteiger partial charge in [-0.1, -0.05) is 0 Å². The van der Waals surface area contributed by atoms with Crippen LogP contribution >= 0.6 is 11.3 Å². The molecule has 1 aromatic heterocycles. The fourth-order valence-electron chi connectivity index (χ4n) is 1.99. The van der Waals surface area contributed by atoms with Crippen LogP contribution in [0.2, 0.25) is 0 Å². The minimum atomic E-state index is -1.15.